The highest BCUT2D eigenvalue weighted by atomic mass is 16.5. The van der Waals surface area contributed by atoms with E-state index in [1.165, 1.54) is 7.11 Å². The first-order valence-electron chi connectivity index (χ1n) is 11.6. The van der Waals surface area contributed by atoms with Gasteiger partial charge in [-0.3, -0.25) is 19.3 Å². The molecule has 1 heterocycles. The predicted octanol–water partition coefficient (Wildman–Crippen LogP) is 1.97. The number of aliphatic carboxylic acids is 1. The van der Waals surface area contributed by atoms with Gasteiger partial charge in [-0.15, -0.1) is 0 Å². The minimum absolute atomic E-state index is 0.0402. The zero-order valence-electron chi connectivity index (χ0n) is 20.1. The van der Waals surface area contributed by atoms with Crippen molar-refractivity contribution in [3.05, 3.63) is 0 Å². The highest BCUT2D eigenvalue weighted by Gasteiger charge is 2.48. The number of likely N-dealkylation sites (N-methyl/N-ethyl adjacent to an activating group) is 2. The fourth-order valence-corrected chi connectivity index (χ4v) is 5.48. The first kappa shape index (κ1) is 25.6. The quantitative estimate of drug-likeness (QED) is 0.511. The molecule has 1 saturated carbocycles. The maximum atomic E-state index is 13.5. The van der Waals surface area contributed by atoms with Crippen LogP contribution in [0.3, 0.4) is 0 Å². The number of carboxylic acids is 1. The molecule has 2 N–H and O–H groups in total. The second kappa shape index (κ2) is 10.8. The van der Waals surface area contributed by atoms with Gasteiger partial charge in [-0.05, 0) is 44.1 Å². The minimum atomic E-state index is -0.964. The first-order chi connectivity index (χ1) is 14.5. The van der Waals surface area contributed by atoms with Crippen LogP contribution >= 0.6 is 0 Å². The Balaban J connectivity index is 2.19. The summed E-state index contributed by atoms with van der Waals surface area (Å²) in [6.07, 6.45) is 3.22. The largest absolute Gasteiger partial charge is 0.481 e. The summed E-state index contributed by atoms with van der Waals surface area (Å²) in [4.78, 5) is 41.8. The summed E-state index contributed by atoms with van der Waals surface area (Å²) in [6.45, 7) is 7.85. The molecule has 8 heteroatoms. The van der Waals surface area contributed by atoms with Crippen molar-refractivity contribution in [2.75, 3.05) is 21.2 Å². The fraction of sp³-hybridized carbons (Fsp3) is 0.870. The molecule has 1 aliphatic carbocycles. The Bertz CT molecular complexity index is 653. The number of carbonyl (C=O) groups is 3. The maximum Gasteiger partial charge on any atom is 0.306 e. The lowest BCUT2D eigenvalue weighted by Crippen LogP contribution is -2.59. The average molecular weight is 440 g/mol. The molecular weight excluding hydrogens is 398 g/mol. The maximum absolute atomic E-state index is 13.5. The minimum Gasteiger partial charge on any atom is -0.481 e. The Hall–Kier alpha value is -1.67. The number of ether oxygens (including phenoxy) is 1. The van der Waals surface area contributed by atoms with E-state index < -0.39 is 24.2 Å². The zero-order valence-corrected chi connectivity index (χ0v) is 20.1. The van der Waals surface area contributed by atoms with Crippen molar-refractivity contribution in [3.8, 4) is 0 Å². The van der Waals surface area contributed by atoms with Gasteiger partial charge in [0, 0.05) is 20.2 Å². The van der Waals surface area contributed by atoms with E-state index in [0.717, 1.165) is 25.7 Å². The molecule has 0 aromatic rings. The van der Waals surface area contributed by atoms with Gasteiger partial charge in [-0.1, -0.05) is 34.1 Å². The van der Waals surface area contributed by atoms with E-state index in [9.17, 15) is 19.5 Å². The number of nitrogens with one attached hydrogen (secondary N) is 1. The Labute approximate surface area is 186 Å². The number of carboxylic acid groups (broad SMARTS) is 1. The molecule has 1 saturated heterocycles. The lowest BCUT2D eigenvalue weighted by Gasteiger charge is -2.40. The number of amides is 2. The number of fused-ring (bicyclic) bond motifs is 2. The van der Waals surface area contributed by atoms with Crippen LogP contribution in [0.4, 0.5) is 0 Å². The summed E-state index contributed by atoms with van der Waals surface area (Å²) in [7, 11) is 5.17. The van der Waals surface area contributed by atoms with Crippen molar-refractivity contribution in [1.82, 2.24) is 15.1 Å². The van der Waals surface area contributed by atoms with Gasteiger partial charge in [0.1, 0.15) is 6.04 Å². The molecule has 1 unspecified atom stereocenters. The predicted molar refractivity (Wildman–Crippen MR) is 119 cm³/mol. The molecule has 0 aromatic heterocycles. The number of likely N-dealkylation sites (tertiary alicyclic amines) is 1. The molecular formula is C23H41N3O5. The number of hydrogen-bond donors (Lipinski definition) is 2. The number of carbonyl (C=O) groups excluding carboxylic acids is 2. The average Bonchev–Trinajstić information content (AvgIpc) is 3.31. The van der Waals surface area contributed by atoms with Crippen molar-refractivity contribution in [1.29, 1.82) is 0 Å². The summed E-state index contributed by atoms with van der Waals surface area (Å²) in [5.41, 5.74) is 0. The van der Waals surface area contributed by atoms with Gasteiger partial charge in [0.2, 0.25) is 11.8 Å². The Kier molecular flexibility index (Phi) is 8.89. The number of hydrogen-bond acceptors (Lipinski definition) is 5. The van der Waals surface area contributed by atoms with Crippen LogP contribution in [0.1, 0.15) is 59.8 Å². The van der Waals surface area contributed by atoms with Crippen LogP contribution in [0.5, 0.6) is 0 Å². The summed E-state index contributed by atoms with van der Waals surface area (Å²) >= 11 is 0. The Morgan fingerprint density at radius 2 is 1.87 bits per heavy atom. The van der Waals surface area contributed by atoms with Crippen molar-refractivity contribution in [2.45, 2.75) is 90.1 Å². The van der Waals surface area contributed by atoms with Gasteiger partial charge >= 0.3 is 5.97 Å². The highest BCUT2D eigenvalue weighted by Crippen LogP contribution is 2.41. The molecule has 0 aromatic carbocycles. The molecule has 7 atom stereocenters. The Morgan fingerprint density at radius 3 is 2.32 bits per heavy atom. The zero-order chi connectivity index (χ0) is 23.5. The van der Waals surface area contributed by atoms with Crippen LogP contribution in [0, 0.1) is 17.8 Å². The lowest BCUT2D eigenvalue weighted by atomic mass is 9.90. The van der Waals surface area contributed by atoms with Crippen LogP contribution in [-0.2, 0) is 19.1 Å². The monoisotopic (exact) mass is 439 g/mol. The van der Waals surface area contributed by atoms with Gasteiger partial charge in [-0.25, -0.2) is 0 Å². The topological polar surface area (TPSA) is 99.2 Å². The molecule has 8 nitrogen and oxygen atoms in total. The molecule has 178 valence electrons. The fourth-order valence-electron chi connectivity index (χ4n) is 5.48. The van der Waals surface area contributed by atoms with Crippen LogP contribution in [-0.4, -0.2) is 84.2 Å². The smallest absolute Gasteiger partial charge is 0.306 e. The molecule has 2 rings (SSSR count). The number of piperidine rings is 1. The van der Waals surface area contributed by atoms with Crippen molar-refractivity contribution < 1.29 is 24.2 Å². The normalized spacial score (nSPS) is 27.0. The molecule has 0 spiro atoms. The van der Waals surface area contributed by atoms with Gasteiger partial charge in [0.05, 0.1) is 24.6 Å². The van der Waals surface area contributed by atoms with E-state index in [2.05, 4.69) is 10.2 Å². The summed E-state index contributed by atoms with van der Waals surface area (Å²) in [5.74, 6) is -0.943. The van der Waals surface area contributed by atoms with Gasteiger partial charge in [0.15, 0.2) is 0 Å². The van der Waals surface area contributed by atoms with E-state index in [-0.39, 0.29) is 36.1 Å². The van der Waals surface area contributed by atoms with E-state index in [4.69, 9.17) is 4.74 Å². The van der Waals surface area contributed by atoms with E-state index >= 15 is 0 Å². The van der Waals surface area contributed by atoms with Gasteiger partial charge < -0.3 is 20.1 Å². The van der Waals surface area contributed by atoms with Crippen LogP contribution in [0.2, 0.25) is 0 Å². The summed E-state index contributed by atoms with van der Waals surface area (Å²) < 4.78 is 5.50. The summed E-state index contributed by atoms with van der Waals surface area (Å²) in [5, 5.41) is 12.3. The van der Waals surface area contributed by atoms with Crippen LogP contribution < -0.4 is 5.32 Å². The van der Waals surface area contributed by atoms with Crippen molar-refractivity contribution >= 4 is 17.8 Å². The van der Waals surface area contributed by atoms with Crippen molar-refractivity contribution in [2.24, 2.45) is 17.8 Å². The van der Waals surface area contributed by atoms with Gasteiger partial charge in [-0.2, -0.15) is 0 Å². The molecule has 31 heavy (non-hydrogen) atoms. The second-order valence-electron chi connectivity index (χ2n) is 9.76. The van der Waals surface area contributed by atoms with Gasteiger partial charge in [0.25, 0.3) is 0 Å². The van der Waals surface area contributed by atoms with Crippen molar-refractivity contribution in [3.63, 3.8) is 0 Å². The third kappa shape index (κ3) is 5.58. The standard InChI is InChI=1S/C23H41N3O5/c1-8-14(4)20(17(31-7)12-18(27)28)26(6)23(30)19(13(2)3)24-22(29)21-15-9-10-16(11-15)25(21)5/h13-17,19-21H,8-12H2,1-7H3,(H,24,29)(H,27,28)/t14-,15-,16+,17+,19?,20-,21-/m0/s1. The molecule has 2 fully saturated rings. The SMILES string of the molecule is CC[C@H](C)[C@@H]([C@@H](CC(=O)O)OC)N(C)C(=O)C(NC(=O)[C@@H]1[C@H]2CC[C@H](C2)N1C)C(C)C. The van der Waals surface area contributed by atoms with E-state index in [1.807, 2.05) is 34.7 Å². The van der Waals surface area contributed by atoms with E-state index in [1.54, 1.807) is 11.9 Å². The molecule has 2 bridgehead atoms. The van der Waals surface area contributed by atoms with Crippen LogP contribution in [0.15, 0.2) is 0 Å². The molecule has 2 aliphatic rings. The molecule has 0 radical (unpaired) electrons. The number of methoxy groups -OCH3 is 1. The number of rotatable bonds is 11. The van der Waals surface area contributed by atoms with E-state index in [0.29, 0.717) is 12.0 Å². The highest BCUT2D eigenvalue weighted by molar-refractivity contribution is 5.90. The Morgan fingerprint density at radius 1 is 1.23 bits per heavy atom. The molecule has 1 aliphatic heterocycles. The third-order valence-electron chi connectivity index (χ3n) is 7.49. The third-order valence-corrected chi connectivity index (χ3v) is 7.49. The summed E-state index contributed by atoms with van der Waals surface area (Å²) in [6, 6.07) is -0.784. The van der Waals surface area contributed by atoms with Crippen LogP contribution in [0.25, 0.3) is 0 Å². The molecule has 2 amide bonds. The second-order valence-corrected chi connectivity index (χ2v) is 9.76. The lowest BCUT2D eigenvalue weighted by molar-refractivity contribution is -0.148. The first-order valence-corrected chi connectivity index (χ1v) is 11.6. The number of nitrogens with zero attached hydrogens (tertiary/aromatic N) is 2.